The fourth-order valence-electron chi connectivity index (χ4n) is 4.04. The van der Waals surface area contributed by atoms with Gasteiger partial charge in [0.25, 0.3) is 0 Å². The zero-order valence-corrected chi connectivity index (χ0v) is 21.5. The van der Waals surface area contributed by atoms with Crippen LogP contribution in [0.4, 0.5) is 0 Å². The second-order valence-electron chi connectivity index (χ2n) is 8.32. The maximum atomic E-state index is 13.6. The van der Waals surface area contributed by atoms with E-state index in [4.69, 9.17) is 14.5 Å². The number of nitrogens with zero attached hydrogens (tertiary/aromatic N) is 1. The SMILES string of the molecule is CCC[C@@H](OC(=O)c1cc(-c2cccc(OC)c2)nc2c(C)cc(Br)cc12)C(=O)c1ccccc1. The van der Waals surface area contributed by atoms with Crippen molar-refractivity contribution in [2.75, 3.05) is 7.11 Å². The number of methoxy groups -OCH3 is 1. The number of carbonyl (C=O) groups is 2. The normalized spacial score (nSPS) is 11.8. The Morgan fingerprint density at radius 1 is 1.00 bits per heavy atom. The molecule has 4 rings (SSSR count). The molecule has 0 fully saturated rings. The summed E-state index contributed by atoms with van der Waals surface area (Å²) in [5.41, 5.74) is 3.93. The van der Waals surface area contributed by atoms with Gasteiger partial charge in [-0.05, 0) is 49.2 Å². The number of esters is 1. The van der Waals surface area contributed by atoms with E-state index in [9.17, 15) is 9.59 Å². The Labute approximate surface area is 213 Å². The van der Waals surface area contributed by atoms with Crippen LogP contribution in [-0.2, 0) is 4.74 Å². The lowest BCUT2D eigenvalue weighted by molar-refractivity contribution is 0.0268. The number of hydrogen-bond donors (Lipinski definition) is 0. The molecule has 4 aromatic rings. The van der Waals surface area contributed by atoms with Crippen LogP contribution in [0.25, 0.3) is 22.2 Å². The van der Waals surface area contributed by atoms with Gasteiger partial charge in [0.1, 0.15) is 5.75 Å². The second-order valence-corrected chi connectivity index (χ2v) is 9.23. The molecule has 178 valence electrons. The van der Waals surface area contributed by atoms with Gasteiger partial charge in [-0.1, -0.05) is 71.7 Å². The number of pyridine rings is 1. The predicted octanol–water partition coefficient (Wildman–Crippen LogP) is 7.19. The molecule has 6 heteroatoms. The highest BCUT2D eigenvalue weighted by Gasteiger charge is 2.26. The highest BCUT2D eigenvalue weighted by atomic mass is 79.9. The van der Waals surface area contributed by atoms with Gasteiger partial charge in [0, 0.05) is 21.0 Å². The Morgan fingerprint density at radius 2 is 1.77 bits per heavy atom. The van der Waals surface area contributed by atoms with Crippen molar-refractivity contribution >= 4 is 38.6 Å². The van der Waals surface area contributed by atoms with Crippen LogP contribution in [0.2, 0.25) is 0 Å². The van der Waals surface area contributed by atoms with Crippen LogP contribution in [0.5, 0.6) is 5.75 Å². The first kappa shape index (κ1) is 24.6. The first-order chi connectivity index (χ1) is 16.9. The Hall–Kier alpha value is -3.51. The summed E-state index contributed by atoms with van der Waals surface area (Å²) in [5.74, 6) is -0.0659. The minimum absolute atomic E-state index is 0.204. The molecule has 0 saturated heterocycles. The number of fused-ring (bicyclic) bond motifs is 1. The lowest BCUT2D eigenvalue weighted by Crippen LogP contribution is -2.27. The van der Waals surface area contributed by atoms with Crippen molar-refractivity contribution in [3.8, 4) is 17.0 Å². The van der Waals surface area contributed by atoms with E-state index in [-0.39, 0.29) is 5.78 Å². The van der Waals surface area contributed by atoms with Gasteiger partial charge in [-0.2, -0.15) is 0 Å². The van der Waals surface area contributed by atoms with E-state index >= 15 is 0 Å². The van der Waals surface area contributed by atoms with E-state index in [0.717, 1.165) is 15.6 Å². The molecule has 35 heavy (non-hydrogen) atoms. The Balaban J connectivity index is 1.80. The van der Waals surface area contributed by atoms with E-state index < -0.39 is 12.1 Å². The molecule has 5 nitrogen and oxygen atoms in total. The largest absolute Gasteiger partial charge is 0.497 e. The van der Waals surface area contributed by atoms with Crippen molar-refractivity contribution < 1.29 is 19.1 Å². The van der Waals surface area contributed by atoms with Crippen LogP contribution >= 0.6 is 15.9 Å². The van der Waals surface area contributed by atoms with Crippen molar-refractivity contribution in [2.45, 2.75) is 32.8 Å². The van der Waals surface area contributed by atoms with E-state index in [1.54, 1.807) is 37.4 Å². The summed E-state index contributed by atoms with van der Waals surface area (Å²) in [6.45, 7) is 3.91. The lowest BCUT2D eigenvalue weighted by atomic mass is 10.0. The summed E-state index contributed by atoms with van der Waals surface area (Å²) in [6, 6.07) is 22.0. The Bertz CT molecular complexity index is 1380. The number of hydrogen-bond acceptors (Lipinski definition) is 5. The highest BCUT2D eigenvalue weighted by molar-refractivity contribution is 9.10. The third-order valence-corrected chi connectivity index (χ3v) is 6.26. The molecule has 0 aliphatic carbocycles. The van der Waals surface area contributed by atoms with E-state index in [0.29, 0.717) is 46.3 Å². The monoisotopic (exact) mass is 531 g/mol. The summed E-state index contributed by atoms with van der Waals surface area (Å²) >= 11 is 3.53. The van der Waals surface area contributed by atoms with Crippen LogP contribution in [0, 0.1) is 6.92 Å². The average molecular weight is 532 g/mol. The fraction of sp³-hybridized carbons (Fsp3) is 0.207. The molecule has 0 aliphatic heterocycles. The third kappa shape index (κ3) is 5.43. The standard InChI is InChI=1S/C29H26BrNO4/c1-4-9-26(28(32)19-10-6-5-7-11-19)35-29(33)24-17-25(20-12-8-13-22(15-20)34-3)31-27-18(2)14-21(30)16-23(24)27/h5-8,10-17,26H,4,9H2,1-3H3/t26-/m1/s1. The van der Waals surface area contributed by atoms with Crippen molar-refractivity contribution in [2.24, 2.45) is 0 Å². The second kappa shape index (κ2) is 10.8. The number of ketones is 1. The minimum Gasteiger partial charge on any atom is -0.497 e. The number of aryl methyl sites for hydroxylation is 1. The Morgan fingerprint density at radius 3 is 2.49 bits per heavy atom. The van der Waals surface area contributed by atoms with Gasteiger partial charge in [-0.15, -0.1) is 0 Å². The summed E-state index contributed by atoms with van der Waals surface area (Å²) in [6.07, 6.45) is 0.271. The molecule has 0 spiro atoms. The predicted molar refractivity (Wildman–Crippen MR) is 141 cm³/mol. The third-order valence-electron chi connectivity index (χ3n) is 5.81. The number of carbonyl (C=O) groups excluding carboxylic acids is 2. The lowest BCUT2D eigenvalue weighted by Gasteiger charge is -2.18. The van der Waals surface area contributed by atoms with Gasteiger partial charge in [0.2, 0.25) is 5.78 Å². The Kier molecular flexibility index (Phi) is 7.61. The molecule has 0 aliphatic rings. The average Bonchev–Trinajstić information content (AvgIpc) is 2.88. The quantitative estimate of drug-likeness (QED) is 0.178. The number of ether oxygens (including phenoxy) is 2. The molecule has 0 saturated carbocycles. The maximum Gasteiger partial charge on any atom is 0.339 e. The van der Waals surface area contributed by atoms with Gasteiger partial charge in [-0.3, -0.25) is 4.79 Å². The van der Waals surface area contributed by atoms with Crippen LogP contribution in [0.15, 0.2) is 77.3 Å². The summed E-state index contributed by atoms with van der Waals surface area (Å²) in [4.78, 5) is 31.5. The van der Waals surface area contributed by atoms with E-state index in [1.165, 1.54) is 0 Å². The number of aromatic nitrogens is 1. The highest BCUT2D eigenvalue weighted by Crippen LogP contribution is 2.31. The molecule has 1 aromatic heterocycles. The zero-order chi connectivity index (χ0) is 24.9. The van der Waals surface area contributed by atoms with E-state index in [1.807, 2.05) is 56.3 Å². The molecule has 0 amide bonds. The molecule has 3 aromatic carbocycles. The van der Waals surface area contributed by atoms with Crippen molar-refractivity contribution in [1.82, 2.24) is 4.98 Å². The van der Waals surface area contributed by atoms with Crippen LogP contribution in [0.1, 0.15) is 46.0 Å². The molecule has 0 unspecified atom stereocenters. The zero-order valence-electron chi connectivity index (χ0n) is 19.9. The van der Waals surface area contributed by atoms with Crippen LogP contribution in [0.3, 0.4) is 0 Å². The van der Waals surface area contributed by atoms with Gasteiger partial charge >= 0.3 is 5.97 Å². The maximum absolute atomic E-state index is 13.6. The fourth-order valence-corrected chi connectivity index (χ4v) is 4.61. The first-order valence-corrected chi connectivity index (χ1v) is 12.3. The summed E-state index contributed by atoms with van der Waals surface area (Å²) in [7, 11) is 1.61. The molecule has 1 atom stereocenters. The van der Waals surface area contributed by atoms with Crippen molar-refractivity contribution in [3.63, 3.8) is 0 Å². The molecular weight excluding hydrogens is 506 g/mol. The summed E-state index contributed by atoms with van der Waals surface area (Å²) < 4.78 is 12.1. The first-order valence-electron chi connectivity index (χ1n) is 11.5. The molecule has 0 radical (unpaired) electrons. The minimum atomic E-state index is -0.869. The molecular formula is C29H26BrNO4. The van der Waals surface area contributed by atoms with E-state index in [2.05, 4.69) is 15.9 Å². The number of halogens is 1. The molecule has 0 bridgehead atoms. The number of rotatable bonds is 8. The van der Waals surface area contributed by atoms with Crippen LogP contribution < -0.4 is 4.74 Å². The summed E-state index contributed by atoms with van der Waals surface area (Å²) in [5, 5.41) is 0.663. The smallest absolute Gasteiger partial charge is 0.339 e. The number of benzene rings is 3. The van der Waals surface area contributed by atoms with Gasteiger partial charge in [0.15, 0.2) is 6.10 Å². The topological polar surface area (TPSA) is 65.5 Å². The van der Waals surface area contributed by atoms with Crippen molar-refractivity contribution in [3.05, 3.63) is 94.0 Å². The van der Waals surface area contributed by atoms with Crippen molar-refractivity contribution in [1.29, 1.82) is 0 Å². The number of Topliss-reactive ketones (excluding diaryl/α,β-unsaturated/α-hetero) is 1. The van der Waals surface area contributed by atoms with Gasteiger partial charge < -0.3 is 9.47 Å². The van der Waals surface area contributed by atoms with Gasteiger partial charge in [-0.25, -0.2) is 9.78 Å². The molecule has 1 heterocycles. The van der Waals surface area contributed by atoms with Crippen LogP contribution in [-0.4, -0.2) is 30.0 Å². The molecule has 0 N–H and O–H groups in total. The van der Waals surface area contributed by atoms with Gasteiger partial charge in [0.05, 0.1) is 23.9 Å².